The van der Waals surface area contributed by atoms with Crippen LogP contribution in [0.25, 0.3) is 0 Å². The minimum Gasteiger partial charge on any atom is -0.465 e. The fraction of sp³-hybridized carbons (Fsp3) is 0.429. The Morgan fingerprint density at radius 3 is 2.59 bits per heavy atom. The molecule has 1 aliphatic carbocycles. The van der Waals surface area contributed by atoms with Gasteiger partial charge < -0.3 is 19.1 Å². The number of benzene rings is 1. The van der Waals surface area contributed by atoms with Crippen molar-refractivity contribution < 1.29 is 33.4 Å². The lowest BCUT2D eigenvalue weighted by atomic mass is 9.64. The van der Waals surface area contributed by atoms with E-state index in [0.717, 1.165) is 0 Å². The molecule has 0 N–H and O–H groups in total. The molecule has 1 aliphatic heterocycles. The minimum absolute atomic E-state index is 0.0435. The van der Waals surface area contributed by atoms with E-state index >= 15 is 0 Å². The molecule has 1 aromatic rings. The molecule has 154 valence electrons. The first-order valence-corrected chi connectivity index (χ1v) is 9.44. The van der Waals surface area contributed by atoms with Gasteiger partial charge in [-0.3, -0.25) is 9.59 Å². The van der Waals surface area contributed by atoms with Gasteiger partial charge in [-0.15, -0.1) is 0 Å². The Morgan fingerprint density at radius 2 is 1.93 bits per heavy atom. The predicted octanol–water partition coefficient (Wildman–Crippen LogP) is 2.13. The quantitative estimate of drug-likeness (QED) is 0.330. The number of likely N-dealkylation sites (tertiary alicyclic amines) is 1. The van der Waals surface area contributed by atoms with E-state index in [0.29, 0.717) is 0 Å². The highest BCUT2D eigenvalue weighted by atomic mass is 16.6. The molecular weight excluding hydrogens is 378 g/mol. The minimum atomic E-state index is -1.83. The van der Waals surface area contributed by atoms with E-state index in [2.05, 4.69) is 0 Å². The van der Waals surface area contributed by atoms with Crippen molar-refractivity contribution in [2.45, 2.75) is 31.9 Å². The molecule has 0 spiro atoms. The van der Waals surface area contributed by atoms with Crippen molar-refractivity contribution in [3.63, 3.8) is 0 Å². The lowest BCUT2D eigenvalue weighted by Gasteiger charge is -2.49. The topological polar surface area (TPSA) is 99.2 Å². The van der Waals surface area contributed by atoms with Gasteiger partial charge >= 0.3 is 18.0 Å². The third kappa shape index (κ3) is 3.50. The van der Waals surface area contributed by atoms with Gasteiger partial charge in [0, 0.05) is 13.0 Å². The highest BCUT2D eigenvalue weighted by Crippen LogP contribution is 2.44. The number of piperidine rings is 1. The van der Waals surface area contributed by atoms with Crippen molar-refractivity contribution in [3.8, 4) is 0 Å². The molecule has 8 heteroatoms. The first-order valence-electron chi connectivity index (χ1n) is 9.44. The van der Waals surface area contributed by atoms with Crippen LogP contribution in [0.4, 0.5) is 4.79 Å². The predicted molar refractivity (Wildman–Crippen MR) is 101 cm³/mol. The second-order valence-corrected chi connectivity index (χ2v) is 6.80. The Bertz CT molecular complexity index is 835. The fourth-order valence-electron chi connectivity index (χ4n) is 4.00. The van der Waals surface area contributed by atoms with E-state index in [9.17, 15) is 19.2 Å². The Kier molecular flexibility index (Phi) is 6.00. The van der Waals surface area contributed by atoms with E-state index in [4.69, 9.17) is 14.2 Å². The lowest BCUT2D eigenvalue weighted by Crippen LogP contribution is -2.68. The van der Waals surface area contributed by atoms with Gasteiger partial charge in [0.2, 0.25) is 0 Å². The van der Waals surface area contributed by atoms with Crippen LogP contribution >= 0.6 is 0 Å². The molecule has 1 fully saturated rings. The normalized spacial score (nSPS) is 25.7. The van der Waals surface area contributed by atoms with Gasteiger partial charge in [0.1, 0.15) is 6.10 Å². The van der Waals surface area contributed by atoms with E-state index in [-0.39, 0.29) is 31.6 Å². The van der Waals surface area contributed by atoms with Gasteiger partial charge in [0.15, 0.2) is 11.2 Å². The summed E-state index contributed by atoms with van der Waals surface area (Å²) in [6.07, 6.45) is 1.52. The van der Waals surface area contributed by atoms with Crippen LogP contribution in [0.15, 0.2) is 42.5 Å². The number of ketones is 1. The van der Waals surface area contributed by atoms with Crippen LogP contribution in [0.5, 0.6) is 0 Å². The highest BCUT2D eigenvalue weighted by Gasteiger charge is 2.64. The summed E-state index contributed by atoms with van der Waals surface area (Å²) in [7, 11) is 1.23. The molecule has 0 bridgehead atoms. The summed E-state index contributed by atoms with van der Waals surface area (Å²) in [6, 6.07) is 7.41. The number of rotatable bonds is 4. The third-order valence-electron chi connectivity index (χ3n) is 5.33. The Labute approximate surface area is 168 Å². The molecule has 1 saturated heterocycles. The van der Waals surface area contributed by atoms with Gasteiger partial charge in [0.25, 0.3) is 0 Å². The van der Waals surface area contributed by atoms with Crippen LogP contribution in [0, 0.1) is 5.41 Å². The maximum atomic E-state index is 13.1. The highest BCUT2D eigenvalue weighted by molar-refractivity contribution is 6.07. The van der Waals surface area contributed by atoms with Gasteiger partial charge in [-0.2, -0.15) is 0 Å². The smallest absolute Gasteiger partial charge is 0.409 e. The molecule has 3 atom stereocenters. The molecule has 8 nitrogen and oxygen atoms in total. The molecule has 0 unspecified atom stereocenters. The first-order chi connectivity index (χ1) is 14.0. The number of nitrogens with zero attached hydrogens (tertiary/aromatic N) is 1. The zero-order valence-corrected chi connectivity index (χ0v) is 16.3. The maximum Gasteiger partial charge on any atom is 0.409 e. The summed E-state index contributed by atoms with van der Waals surface area (Å²) in [5, 5.41) is 0. The van der Waals surface area contributed by atoms with Gasteiger partial charge in [-0.25, -0.2) is 9.59 Å². The van der Waals surface area contributed by atoms with E-state index in [1.807, 2.05) is 0 Å². The molecule has 29 heavy (non-hydrogen) atoms. The van der Waals surface area contributed by atoms with Crippen molar-refractivity contribution in [1.82, 2.24) is 4.90 Å². The van der Waals surface area contributed by atoms with Crippen LogP contribution in [-0.4, -0.2) is 61.1 Å². The molecule has 0 saturated carbocycles. The Morgan fingerprint density at radius 1 is 1.21 bits per heavy atom. The summed E-state index contributed by atoms with van der Waals surface area (Å²) < 4.78 is 15.7. The van der Waals surface area contributed by atoms with E-state index < -0.39 is 41.4 Å². The maximum absolute atomic E-state index is 13.1. The monoisotopic (exact) mass is 401 g/mol. The Balaban J connectivity index is 2.04. The Hall–Kier alpha value is -3.16. The van der Waals surface area contributed by atoms with E-state index in [1.165, 1.54) is 18.1 Å². The third-order valence-corrected chi connectivity index (χ3v) is 5.33. The van der Waals surface area contributed by atoms with Gasteiger partial charge in [-0.05, 0) is 31.6 Å². The summed E-state index contributed by atoms with van der Waals surface area (Å²) in [6.45, 7) is 1.78. The summed E-state index contributed by atoms with van der Waals surface area (Å²) >= 11 is 0. The molecule has 1 amide bonds. The fourth-order valence-corrected chi connectivity index (χ4v) is 4.00. The van der Waals surface area contributed by atoms with Crippen molar-refractivity contribution in [3.05, 3.63) is 48.0 Å². The molecular formula is C21H23NO7. The molecule has 2 aliphatic rings. The zero-order chi connectivity index (χ0) is 21.0. The average molecular weight is 401 g/mol. The van der Waals surface area contributed by atoms with Crippen LogP contribution in [0.1, 0.15) is 30.1 Å². The number of carbonyl (C=O) groups is 4. The number of methoxy groups -OCH3 is 1. The molecule has 1 heterocycles. The molecule has 0 aromatic heterocycles. The van der Waals surface area contributed by atoms with Crippen molar-refractivity contribution in [1.29, 1.82) is 0 Å². The van der Waals surface area contributed by atoms with Crippen LogP contribution in [0.2, 0.25) is 0 Å². The number of esters is 2. The van der Waals surface area contributed by atoms with Crippen molar-refractivity contribution >= 4 is 23.8 Å². The van der Waals surface area contributed by atoms with Crippen molar-refractivity contribution in [2.75, 3.05) is 20.3 Å². The first kappa shape index (κ1) is 20.6. The van der Waals surface area contributed by atoms with E-state index in [1.54, 1.807) is 43.3 Å². The number of hydrogen-bond donors (Lipinski definition) is 0. The van der Waals surface area contributed by atoms with Gasteiger partial charge in [-0.1, -0.05) is 24.3 Å². The number of hydrogen-bond acceptors (Lipinski definition) is 7. The SMILES string of the molecule is CCOC(=O)[C@]12C(=O)CCN(C(=O)OC)[C@H]1CC=C[C@@H]2OC(=O)c1ccccc1. The average Bonchev–Trinajstić information content (AvgIpc) is 2.74. The zero-order valence-electron chi connectivity index (χ0n) is 16.3. The number of amides is 1. The summed E-state index contributed by atoms with van der Waals surface area (Å²) in [5.41, 5.74) is -1.54. The van der Waals surface area contributed by atoms with Crippen LogP contribution in [0.3, 0.4) is 0 Å². The largest absolute Gasteiger partial charge is 0.465 e. The van der Waals surface area contributed by atoms with Crippen LogP contribution < -0.4 is 0 Å². The number of carbonyl (C=O) groups excluding carboxylic acids is 4. The van der Waals surface area contributed by atoms with Crippen LogP contribution in [-0.2, 0) is 23.8 Å². The van der Waals surface area contributed by atoms with Gasteiger partial charge in [0.05, 0.1) is 25.3 Å². The molecule has 3 rings (SSSR count). The summed E-state index contributed by atoms with van der Waals surface area (Å²) in [5.74, 6) is -1.90. The number of fused-ring (bicyclic) bond motifs is 1. The lowest BCUT2D eigenvalue weighted by molar-refractivity contribution is -0.176. The molecule has 1 aromatic carbocycles. The standard InChI is InChI=1S/C21H23NO7/c1-3-28-19(25)21-15(22(20(26)27-2)13-12-16(21)23)10-7-11-17(21)29-18(24)14-8-5-4-6-9-14/h4-9,11,15,17H,3,10,12-13H2,1-2H3/t15-,17-,21-/m0/s1. The second kappa shape index (κ2) is 8.46. The second-order valence-electron chi connectivity index (χ2n) is 6.80. The number of ether oxygens (including phenoxy) is 3. The van der Waals surface area contributed by atoms with Crippen molar-refractivity contribution in [2.24, 2.45) is 5.41 Å². The number of Topliss-reactive ketones (excluding diaryl/α,β-unsaturated/α-hetero) is 1. The molecule has 0 radical (unpaired) electrons. The summed E-state index contributed by atoms with van der Waals surface area (Å²) in [4.78, 5) is 52.6.